The standard InChI is InChI=1S/C17H25N3O/c1-5-19(6-2)17(21)18-15-7-8-16-14(11-15)9-10-20(16)12-13(3)4/h7-11,13H,5-6,12H2,1-4H3,(H,18,21). The molecule has 0 bridgehead atoms. The predicted octanol–water partition coefficient (Wildman–Crippen LogP) is 4.17. The molecular weight excluding hydrogens is 262 g/mol. The second-order valence-corrected chi connectivity index (χ2v) is 5.74. The van der Waals surface area contributed by atoms with Gasteiger partial charge in [-0.05, 0) is 44.0 Å². The van der Waals surface area contributed by atoms with Gasteiger partial charge >= 0.3 is 6.03 Å². The Kier molecular flexibility index (Phi) is 4.89. The van der Waals surface area contributed by atoms with Crippen LogP contribution in [0.2, 0.25) is 0 Å². The first-order chi connectivity index (χ1) is 10.0. The van der Waals surface area contributed by atoms with Crippen molar-refractivity contribution in [2.75, 3.05) is 18.4 Å². The van der Waals surface area contributed by atoms with Crippen LogP contribution in [0.1, 0.15) is 27.7 Å². The Hall–Kier alpha value is -1.97. The minimum atomic E-state index is -0.0408. The zero-order valence-electron chi connectivity index (χ0n) is 13.4. The fraction of sp³-hybridized carbons (Fsp3) is 0.471. The Bertz CT molecular complexity index is 612. The maximum absolute atomic E-state index is 12.1. The smallest absolute Gasteiger partial charge is 0.321 e. The Balaban J connectivity index is 2.18. The number of nitrogens with zero attached hydrogens (tertiary/aromatic N) is 2. The normalized spacial score (nSPS) is 11.1. The van der Waals surface area contributed by atoms with E-state index in [9.17, 15) is 4.79 Å². The number of anilines is 1. The number of hydrogen-bond acceptors (Lipinski definition) is 1. The van der Waals surface area contributed by atoms with Gasteiger partial charge in [0.05, 0.1) is 0 Å². The average molecular weight is 287 g/mol. The van der Waals surface area contributed by atoms with Crippen LogP contribution < -0.4 is 5.32 Å². The second-order valence-electron chi connectivity index (χ2n) is 5.74. The first-order valence-electron chi connectivity index (χ1n) is 7.70. The van der Waals surface area contributed by atoms with Crippen LogP contribution in [0.4, 0.5) is 10.5 Å². The summed E-state index contributed by atoms with van der Waals surface area (Å²) >= 11 is 0. The molecule has 21 heavy (non-hydrogen) atoms. The third-order valence-electron chi connectivity index (χ3n) is 3.63. The number of hydrogen-bond donors (Lipinski definition) is 1. The van der Waals surface area contributed by atoms with Crippen LogP contribution in [-0.4, -0.2) is 28.6 Å². The molecule has 0 spiro atoms. The second kappa shape index (κ2) is 6.66. The highest BCUT2D eigenvalue weighted by atomic mass is 16.2. The van der Waals surface area contributed by atoms with Crippen molar-refractivity contribution >= 4 is 22.6 Å². The van der Waals surface area contributed by atoms with Gasteiger partial charge in [-0.25, -0.2) is 4.79 Å². The molecule has 1 aromatic heterocycles. The number of benzene rings is 1. The fourth-order valence-electron chi connectivity index (χ4n) is 2.54. The summed E-state index contributed by atoms with van der Waals surface area (Å²) in [5.41, 5.74) is 2.06. The maximum atomic E-state index is 12.1. The van der Waals surface area contributed by atoms with Crippen molar-refractivity contribution in [2.24, 2.45) is 5.92 Å². The van der Waals surface area contributed by atoms with Crippen LogP contribution in [0.15, 0.2) is 30.5 Å². The van der Waals surface area contributed by atoms with Gasteiger partial charge in [-0.2, -0.15) is 0 Å². The number of carbonyl (C=O) groups is 1. The molecule has 1 aromatic carbocycles. The zero-order chi connectivity index (χ0) is 15.4. The molecule has 0 saturated heterocycles. The molecular formula is C17H25N3O. The molecule has 0 unspecified atom stereocenters. The minimum Gasteiger partial charge on any atom is -0.347 e. The first-order valence-corrected chi connectivity index (χ1v) is 7.70. The van der Waals surface area contributed by atoms with Crippen molar-refractivity contribution in [3.63, 3.8) is 0 Å². The summed E-state index contributed by atoms with van der Waals surface area (Å²) < 4.78 is 2.26. The van der Waals surface area contributed by atoms with Gasteiger partial charge in [0.2, 0.25) is 0 Å². The third-order valence-corrected chi connectivity index (χ3v) is 3.63. The molecule has 0 atom stereocenters. The largest absolute Gasteiger partial charge is 0.347 e. The van der Waals surface area contributed by atoms with Gasteiger partial charge in [0.25, 0.3) is 0 Å². The van der Waals surface area contributed by atoms with Gasteiger partial charge in [-0.15, -0.1) is 0 Å². The Labute approximate surface area is 126 Å². The van der Waals surface area contributed by atoms with Crippen LogP contribution in [0.25, 0.3) is 10.9 Å². The van der Waals surface area contributed by atoms with E-state index in [1.165, 1.54) is 5.52 Å². The maximum Gasteiger partial charge on any atom is 0.321 e. The number of aromatic nitrogens is 1. The SMILES string of the molecule is CCN(CC)C(=O)Nc1ccc2c(ccn2CC(C)C)c1. The topological polar surface area (TPSA) is 37.3 Å². The van der Waals surface area contributed by atoms with Crippen molar-refractivity contribution in [2.45, 2.75) is 34.2 Å². The highest BCUT2D eigenvalue weighted by Gasteiger charge is 2.10. The monoisotopic (exact) mass is 287 g/mol. The summed E-state index contributed by atoms with van der Waals surface area (Å²) in [6.07, 6.45) is 2.11. The highest BCUT2D eigenvalue weighted by Crippen LogP contribution is 2.21. The minimum absolute atomic E-state index is 0.0408. The van der Waals surface area contributed by atoms with E-state index in [4.69, 9.17) is 0 Å². The van der Waals surface area contributed by atoms with E-state index >= 15 is 0 Å². The fourth-order valence-corrected chi connectivity index (χ4v) is 2.54. The number of carbonyl (C=O) groups excluding carboxylic acids is 1. The molecule has 2 rings (SSSR count). The summed E-state index contributed by atoms with van der Waals surface area (Å²) in [7, 11) is 0. The lowest BCUT2D eigenvalue weighted by molar-refractivity contribution is 0.217. The Morgan fingerprint density at radius 2 is 1.95 bits per heavy atom. The van der Waals surface area contributed by atoms with Crippen LogP contribution in [0.5, 0.6) is 0 Å². The van der Waals surface area contributed by atoms with E-state index in [0.29, 0.717) is 5.92 Å². The van der Waals surface area contributed by atoms with Crippen LogP contribution in [-0.2, 0) is 6.54 Å². The highest BCUT2D eigenvalue weighted by molar-refractivity contribution is 5.93. The number of fused-ring (bicyclic) bond motifs is 1. The number of nitrogens with one attached hydrogen (secondary N) is 1. The zero-order valence-corrected chi connectivity index (χ0v) is 13.4. The van der Waals surface area contributed by atoms with Crippen LogP contribution in [0, 0.1) is 5.92 Å². The van der Waals surface area contributed by atoms with E-state index in [2.05, 4.69) is 42.1 Å². The number of rotatable bonds is 5. The molecule has 4 nitrogen and oxygen atoms in total. The first kappa shape index (κ1) is 15.4. The molecule has 0 radical (unpaired) electrons. The van der Waals surface area contributed by atoms with Crippen molar-refractivity contribution in [1.82, 2.24) is 9.47 Å². The molecule has 1 N–H and O–H groups in total. The van der Waals surface area contributed by atoms with Crippen molar-refractivity contribution in [3.8, 4) is 0 Å². The third kappa shape index (κ3) is 3.57. The Morgan fingerprint density at radius 3 is 2.57 bits per heavy atom. The average Bonchev–Trinajstić information content (AvgIpc) is 2.82. The molecule has 0 aliphatic rings. The lowest BCUT2D eigenvalue weighted by Crippen LogP contribution is -2.34. The summed E-state index contributed by atoms with van der Waals surface area (Å²) in [5.74, 6) is 0.614. The molecule has 0 saturated carbocycles. The quantitative estimate of drug-likeness (QED) is 0.880. The van der Waals surface area contributed by atoms with Crippen molar-refractivity contribution in [1.29, 1.82) is 0 Å². The van der Waals surface area contributed by atoms with Gasteiger partial charge in [0.15, 0.2) is 0 Å². The molecule has 1 heterocycles. The summed E-state index contributed by atoms with van der Waals surface area (Å²) in [6, 6.07) is 8.15. The van der Waals surface area contributed by atoms with E-state index < -0.39 is 0 Å². The van der Waals surface area contributed by atoms with Gasteiger partial charge in [0.1, 0.15) is 0 Å². The summed E-state index contributed by atoms with van der Waals surface area (Å²) in [6.45, 7) is 10.8. The molecule has 0 aliphatic carbocycles. The summed E-state index contributed by atoms with van der Waals surface area (Å²) in [5, 5.41) is 4.12. The summed E-state index contributed by atoms with van der Waals surface area (Å²) in [4.78, 5) is 13.8. The van der Waals surface area contributed by atoms with Gasteiger partial charge in [-0.3, -0.25) is 0 Å². The molecule has 0 fully saturated rings. The van der Waals surface area contributed by atoms with E-state index in [1.807, 2.05) is 26.0 Å². The molecule has 0 aliphatic heterocycles. The lowest BCUT2D eigenvalue weighted by Gasteiger charge is -2.19. The van der Waals surface area contributed by atoms with Crippen LogP contribution >= 0.6 is 0 Å². The van der Waals surface area contributed by atoms with Crippen molar-refractivity contribution < 1.29 is 4.79 Å². The number of amides is 2. The van der Waals surface area contributed by atoms with Gasteiger partial charge in [-0.1, -0.05) is 13.8 Å². The van der Waals surface area contributed by atoms with E-state index in [-0.39, 0.29) is 6.03 Å². The van der Waals surface area contributed by atoms with Gasteiger partial charge in [0, 0.05) is 42.4 Å². The van der Waals surface area contributed by atoms with Crippen molar-refractivity contribution in [3.05, 3.63) is 30.5 Å². The van der Waals surface area contributed by atoms with Crippen LogP contribution in [0.3, 0.4) is 0 Å². The van der Waals surface area contributed by atoms with E-state index in [0.717, 1.165) is 30.7 Å². The van der Waals surface area contributed by atoms with Gasteiger partial charge < -0.3 is 14.8 Å². The molecule has 4 heteroatoms. The number of urea groups is 1. The molecule has 2 aromatic rings. The van der Waals surface area contributed by atoms with E-state index in [1.54, 1.807) is 4.90 Å². The Morgan fingerprint density at radius 1 is 1.24 bits per heavy atom. The lowest BCUT2D eigenvalue weighted by atomic mass is 10.2. The molecule has 2 amide bonds. The molecule has 114 valence electrons. The predicted molar refractivity (Wildman–Crippen MR) is 88.7 cm³/mol.